The summed E-state index contributed by atoms with van der Waals surface area (Å²) in [7, 11) is 1.32. The Balaban J connectivity index is 1.53. The van der Waals surface area contributed by atoms with E-state index in [4.69, 9.17) is 14.2 Å². The Labute approximate surface area is 194 Å². The maximum Gasteiger partial charge on any atom is 0.343 e. The van der Waals surface area contributed by atoms with Gasteiger partial charge in [0.05, 0.1) is 13.2 Å². The number of amides is 1. The fourth-order valence-corrected chi connectivity index (χ4v) is 4.93. The molecule has 4 rings (SSSR count). The summed E-state index contributed by atoms with van der Waals surface area (Å²) in [5.41, 5.74) is 1.82. The fraction of sp³-hybridized carbons (Fsp3) is 0.640. The molecule has 1 amide bonds. The number of rotatable bonds is 6. The average Bonchev–Trinajstić information content (AvgIpc) is 3.07. The zero-order valence-corrected chi connectivity index (χ0v) is 19.5. The Hall–Kier alpha value is -2.61. The first kappa shape index (κ1) is 23.5. The summed E-state index contributed by atoms with van der Waals surface area (Å²) in [6, 6.07) is 1.36. The van der Waals surface area contributed by atoms with Crippen molar-refractivity contribution in [2.24, 2.45) is 0 Å². The molecule has 180 valence electrons. The molecular formula is C25H34N2O6. The number of hydrogen-bond donors (Lipinski definition) is 0. The van der Waals surface area contributed by atoms with Crippen molar-refractivity contribution >= 4 is 11.9 Å². The highest BCUT2D eigenvalue weighted by Crippen LogP contribution is 2.26. The SMILES string of the molecule is COC(=O)c1c(OCC2CCCCO2)cc(=O)n2c1CCN(C(=O)CC1=CCCCC1)CC2. The Morgan fingerprint density at radius 1 is 1.12 bits per heavy atom. The first-order chi connectivity index (χ1) is 16.1. The minimum atomic E-state index is -0.537. The summed E-state index contributed by atoms with van der Waals surface area (Å²) >= 11 is 0. The van der Waals surface area contributed by atoms with Crippen LogP contribution in [-0.2, 0) is 27.2 Å². The molecule has 0 saturated carbocycles. The second kappa shape index (κ2) is 11.0. The van der Waals surface area contributed by atoms with Gasteiger partial charge < -0.3 is 23.7 Å². The predicted octanol–water partition coefficient (Wildman–Crippen LogP) is 2.86. The third-order valence-corrected chi connectivity index (χ3v) is 6.80. The van der Waals surface area contributed by atoms with Crippen molar-refractivity contribution in [2.45, 2.75) is 70.4 Å². The summed E-state index contributed by atoms with van der Waals surface area (Å²) in [5.74, 6) is -0.223. The molecule has 0 spiro atoms. The van der Waals surface area contributed by atoms with E-state index in [2.05, 4.69) is 6.08 Å². The topological polar surface area (TPSA) is 87.1 Å². The third-order valence-electron chi connectivity index (χ3n) is 6.80. The molecule has 0 aromatic carbocycles. The van der Waals surface area contributed by atoms with Crippen molar-refractivity contribution in [3.8, 4) is 5.75 Å². The second-order valence-corrected chi connectivity index (χ2v) is 9.03. The molecular weight excluding hydrogens is 424 g/mol. The van der Waals surface area contributed by atoms with Gasteiger partial charge in [0.25, 0.3) is 5.56 Å². The average molecular weight is 459 g/mol. The molecule has 0 N–H and O–H groups in total. The van der Waals surface area contributed by atoms with Gasteiger partial charge in [-0.3, -0.25) is 9.59 Å². The van der Waals surface area contributed by atoms with Gasteiger partial charge in [-0.1, -0.05) is 11.6 Å². The molecule has 3 heterocycles. The van der Waals surface area contributed by atoms with Gasteiger partial charge in [0.1, 0.15) is 17.9 Å². The van der Waals surface area contributed by atoms with Crippen molar-refractivity contribution in [1.29, 1.82) is 0 Å². The van der Waals surface area contributed by atoms with Crippen LogP contribution in [0.25, 0.3) is 0 Å². The van der Waals surface area contributed by atoms with Crippen molar-refractivity contribution in [3.05, 3.63) is 39.3 Å². The van der Waals surface area contributed by atoms with Gasteiger partial charge in [-0.25, -0.2) is 4.79 Å². The zero-order chi connectivity index (χ0) is 23.2. The largest absolute Gasteiger partial charge is 0.490 e. The van der Waals surface area contributed by atoms with Gasteiger partial charge in [-0.2, -0.15) is 0 Å². The number of pyridine rings is 1. The lowest BCUT2D eigenvalue weighted by molar-refractivity contribution is -0.130. The summed E-state index contributed by atoms with van der Waals surface area (Å²) < 4.78 is 18.3. The summed E-state index contributed by atoms with van der Waals surface area (Å²) in [6.07, 6.45) is 10.3. The number of fused-ring (bicyclic) bond motifs is 1. The van der Waals surface area contributed by atoms with Crippen molar-refractivity contribution in [1.82, 2.24) is 9.47 Å². The lowest BCUT2D eigenvalue weighted by atomic mass is 9.97. The van der Waals surface area contributed by atoms with E-state index in [1.165, 1.54) is 25.2 Å². The molecule has 1 saturated heterocycles. The van der Waals surface area contributed by atoms with Crippen LogP contribution in [0, 0.1) is 0 Å². The third kappa shape index (κ3) is 5.66. The number of aromatic nitrogens is 1. The van der Waals surface area contributed by atoms with E-state index < -0.39 is 5.97 Å². The standard InChI is InChI=1S/C25H34N2O6/c1-31-25(30)24-20-10-11-26(22(28)15-18-7-3-2-4-8-18)12-13-27(20)23(29)16-21(24)33-17-19-9-5-6-14-32-19/h7,16,19H,2-6,8-15,17H2,1H3. The molecule has 1 unspecified atom stereocenters. The highest BCUT2D eigenvalue weighted by molar-refractivity contribution is 5.93. The molecule has 1 aliphatic carbocycles. The van der Waals surface area contributed by atoms with E-state index in [0.29, 0.717) is 44.8 Å². The first-order valence-corrected chi connectivity index (χ1v) is 12.1. The van der Waals surface area contributed by atoms with Crippen LogP contribution in [0.5, 0.6) is 5.75 Å². The lowest BCUT2D eigenvalue weighted by Crippen LogP contribution is -2.34. The number of carbonyl (C=O) groups excluding carboxylic acids is 2. The zero-order valence-electron chi connectivity index (χ0n) is 19.5. The van der Waals surface area contributed by atoms with Gasteiger partial charge >= 0.3 is 5.97 Å². The molecule has 8 nitrogen and oxygen atoms in total. The molecule has 1 atom stereocenters. The summed E-state index contributed by atoms with van der Waals surface area (Å²) in [4.78, 5) is 40.4. The van der Waals surface area contributed by atoms with Gasteiger partial charge in [-0.05, 0) is 44.9 Å². The van der Waals surface area contributed by atoms with Crippen LogP contribution in [0.1, 0.15) is 67.4 Å². The quantitative estimate of drug-likeness (QED) is 0.481. The van der Waals surface area contributed by atoms with Crippen LogP contribution in [0.4, 0.5) is 0 Å². The molecule has 3 aliphatic rings. The Morgan fingerprint density at radius 2 is 2.00 bits per heavy atom. The number of hydrogen-bond acceptors (Lipinski definition) is 6. The maximum absolute atomic E-state index is 12.9. The van der Waals surface area contributed by atoms with Crippen LogP contribution >= 0.6 is 0 Å². The van der Waals surface area contributed by atoms with Crippen LogP contribution in [0.15, 0.2) is 22.5 Å². The van der Waals surface area contributed by atoms with Crippen molar-refractivity contribution < 1.29 is 23.8 Å². The van der Waals surface area contributed by atoms with Crippen molar-refractivity contribution in [2.75, 3.05) is 33.4 Å². The molecule has 8 heteroatoms. The highest BCUT2D eigenvalue weighted by Gasteiger charge is 2.28. The summed E-state index contributed by atoms with van der Waals surface area (Å²) in [5, 5.41) is 0. The van der Waals surface area contributed by atoms with Gasteiger partial charge in [0, 0.05) is 50.8 Å². The Bertz CT molecular complexity index is 960. The van der Waals surface area contributed by atoms with Crippen LogP contribution in [-0.4, -0.2) is 60.9 Å². The predicted molar refractivity (Wildman–Crippen MR) is 123 cm³/mol. The number of methoxy groups -OCH3 is 1. The Kier molecular flexibility index (Phi) is 7.85. The number of ether oxygens (including phenoxy) is 3. The highest BCUT2D eigenvalue weighted by atomic mass is 16.5. The van der Waals surface area contributed by atoms with Gasteiger partial charge in [-0.15, -0.1) is 0 Å². The van der Waals surface area contributed by atoms with Gasteiger partial charge in [0.2, 0.25) is 5.91 Å². The number of allylic oxidation sites excluding steroid dienone is 1. The normalized spacial score (nSPS) is 20.9. The lowest BCUT2D eigenvalue weighted by Gasteiger charge is -2.24. The van der Waals surface area contributed by atoms with Crippen LogP contribution in [0.2, 0.25) is 0 Å². The maximum atomic E-state index is 12.9. The van der Waals surface area contributed by atoms with E-state index in [9.17, 15) is 14.4 Å². The molecule has 1 fully saturated rings. The minimum absolute atomic E-state index is 0.0481. The molecule has 0 radical (unpaired) electrons. The number of esters is 1. The van der Waals surface area contributed by atoms with E-state index in [1.54, 1.807) is 9.47 Å². The molecule has 1 aromatic heterocycles. The minimum Gasteiger partial charge on any atom is -0.490 e. The number of carbonyl (C=O) groups is 2. The Morgan fingerprint density at radius 3 is 2.73 bits per heavy atom. The molecule has 33 heavy (non-hydrogen) atoms. The van der Waals surface area contributed by atoms with Crippen LogP contribution < -0.4 is 10.3 Å². The van der Waals surface area contributed by atoms with E-state index >= 15 is 0 Å². The molecule has 1 aromatic rings. The number of nitrogens with zero attached hydrogens (tertiary/aromatic N) is 2. The van der Waals surface area contributed by atoms with Crippen LogP contribution in [0.3, 0.4) is 0 Å². The monoisotopic (exact) mass is 458 g/mol. The fourth-order valence-electron chi connectivity index (χ4n) is 4.93. The van der Waals surface area contributed by atoms with Gasteiger partial charge in [0.15, 0.2) is 0 Å². The molecule has 2 aliphatic heterocycles. The van der Waals surface area contributed by atoms with Crippen molar-refractivity contribution in [3.63, 3.8) is 0 Å². The van der Waals surface area contributed by atoms with E-state index in [0.717, 1.165) is 38.5 Å². The first-order valence-electron chi connectivity index (χ1n) is 12.1. The van der Waals surface area contributed by atoms with E-state index in [-0.39, 0.29) is 35.5 Å². The van der Waals surface area contributed by atoms with E-state index in [1.807, 2.05) is 0 Å². The smallest absolute Gasteiger partial charge is 0.343 e. The second-order valence-electron chi connectivity index (χ2n) is 9.03. The summed E-state index contributed by atoms with van der Waals surface area (Å²) in [6.45, 7) is 2.22. The molecule has 0 bridgehead atoms.